The molecule has 0 heterocycles. The van der Waals surface area contributed by atoms with E-state index in [0.717, 1.165) is 29.4 Å². The molecule has 3 rings (SSSR count). The highest BCUT2D eigenvalue weighted by molar-refractivity contribution is 9.10. The average molecular weight is 472 g/mol. The molecule has 30 heavy (non-hydrogen) atoms. The first-order valence-corrected chi connectivity index (χ1v) is 11.3. The molecule has 1 N–H and O–H groups in total. The zero-order valence-corrected chi connectivity index (χ0v) is 19.5. The van der Waals surface area contributed by atoms with Gasteiger partial charge >= 0.3 is 5.97 Å². The summed E-state index contributed by atoms with van der Waals surface area (Å²) in [4.78, 5) is 24.2. The summed E-state index contributed by atoms with van der Waals surface area (Å²) >= 11 is 3.43. The SMILES string of the molecule is CC(C)(C)OC(=O)CC1CC1c1ccc(NC(=O)CCCc2ccc(Br)cc2)cc1. The quantitative estimate of drug-likeness (QED) is 0.463. The van der Waals surface area contributed by atoms with Crippen molar-refractivity contribution in [2.75, 3.05) is 5.32 Å². The lowest BCUT2D eigenvalue weighted by molar-refractivity contribution is -0.155. The fraction of sp³-hybridized carbons (Fsp3) is 0.440. The smallest absolute Gasteiger partial charge is 0.306 e. The molecule has 1 aliphatic carbocycles. The van der Waals surface area contributed by atoms with Gasteiger partial charge in [0.2, 0.25) is 5.91 Å². The molecular weight excluding hydrogens is 442 g/mol. The number of rotatable bonds is 8. The Hall–Kier alpha value is -2.14. The number of hydrogen-bond acceptors (Lipinski definition) is 3. The maximum Gasteiger partial charge on any atom is 0.306 e. The maximum absolute atomic E-state index is 12.2. The molecule has 2 unspecified atom stereocenters. The van der Waals surface area contributed by atoms with Gasteiger partial charge in [-0.25, -0.2) is 0 Å². The van der Waals surface area contributed by atoms with Gasteiger partial charge in [-0.3, -0.25) is 9.59 Å². The van der Waals surface area contributed by atoms with Gasteiger partial charge in [0.1, 0.15) is 5.60 Å². The molecule has 1 saturated carbocycles. The molecule has 0 saturated heterocycles. The summed E-state index contributed by atoms with van der Waals surface area (Å²) in [6.45, 7) is 5.68. The van der Waals surface area contributed by atoms with E-state index in [4.69, 9.17) is 4.74 Å². The molecule has 5 heteroatoms. The lowest BCUT2D eigenvalue weighted by Gasteiger charge is -2.19. The number of carbonyl (C=O) groups is 2. The Labute approximate surface area is 187 Å². The summed E-state index contributed by atoms with van der Waals surface area (Å²) in [5, 5.41) is 2.97. The minimum absolute atomic E-state index is 0.0362. The van der Waals surface area contributed by atoms with Crippen LogP contribution in [0.4, 0.5) is 5.69 Å². The summed E-state index contributed by atoms with van der Waals surface area (Å²) in [7, 11) is 0. The molecule has 1 aliphatic rings. The first-order chi connectivity index (χ1) is 14.2. The third-order valence-electron chi connectivity index (χ3n) is 5.18. The molecule has 2 aromatic carbocycles. The number of carbonyl (C=O) groups excluding carboxylic acids is 2. The van der Waals surface area contributed by atoms with Crippen LogP contribution in [0.5, 0.6) is 0 Å². The van der Waals surface area contributed by atoms with Crippen molar-refractivity contribution in [1.29, 1.82) is 0 Å². The van der Waals surface area contributed by atoms with Crippen LogP contribution in [0.25, 0.3) is 0 Å². The first kappa shape index (κ1) is 22.5. The number of ether oxygens (including phenoxy) is 1. The zero-order chi connectivity index (χ0) is 21.7. The van der Waals surface area contributed by atoms with Crippen LogP contribution in [-0.2, 0) is 20.7 Å². The van der Waals surface area contributed by atoms with Crippen molar-refractivity contribution >= 4 is 33.5 Å². The van der Waals surface area contributed by atoms with Gasteiger partial charge in [-0.1, -0.05) is 40.2 Å². The number of hydrogen-bond donors (Lipinski definition) is 1. The van der Waals surface area contributed by atoms with Crippen LogP contribution in [-0.4, -0.2) is 17.5 Å². The fourth-order valence-corrected chi connectivity index (χ4v) is 3.88. The van der Waals surface area contributed by atoms with Crippen LogP contribution >= 0.6 is 15.9 Å². The van der Waals surface area contributed by atoms with Crippen molar-refractivity contribution in [2.45, 2.75) is 64.4 Å². The van der Waals surface area contributed by atoms with Gasteiger partial charge in [-0.15, -0.1) is 0 Å². The van der Waals surface area contributed by atoms with E-state index in [0.29, 0.717) is 24.7 Å². The van der Waals surface area contributed by atoms with Crippen LogP contribution in [0.1, 0.15) is 63.5 Å². The Morgan fingerprint density at radius 1 is 1.07 bits per heavy atom. The number of halogens is 1. The molecule has 2 aromatic rings. The Morgan fingerprint density at radius 2 is 1.73 bits per heavy atom. The third-order valence-corrected chi connectivity index (χ3v) is 5.71. The largest absolute Gasteiger partial charge is 0.460 e. The first-order valence-electron chi connectivity index (χ1n) is 10.6. The average Bonchev–Trinajstić information content (AvgIpc) is 3.41. The summed E-state index contributed by atoms with van der Waals surface area (Å²) in [6, 6.07) is 16.2. The van der Waals surface area contributed by atoms with Gasteiger partial charge in [0, 0.05) is 23.0 Å². The minimum Gasteiger partial charge on any atom is -0.460 e. The molecular formula is C25H30BrNO3. The van der Waals surface area contributed by atoms with Gasteiger partial charge in [0.15, 0.2) is 0 Å². The predicted molar refractivity (Wildman–Crippen MR) is 123 cm³/mol. The van der Waals surface area contributed by atoms with Crippen LogP contribution in [0.3, 0.4) is 0 Å². The van der Waals surface area contributed by atoms with Crippen LogP contribution in [0, 0.1) is 5.92 Å². The molecule has 0 radical (unpaired) electrons. The zero-order valence-electron chi connectivity index (χ0n) is 17.9. The van der Waals surface area contributed by atoms with Crippen molar-refractivity contribution in [3.05, 3.63) is 64.1 Å². The van der Waals surface area contributed by atoms with Crippen molar-refractivity contribution in [2.24, 2.45) is 5.92 Å². The molecule has 0 aliphatic heterocycles. The van der Waals surface area contributed by atoms with Crippen molar-refractivity contribution in [3.8, 4) is 0 Å². The second-order valence-electron chi connectivity index (χ2n) is 9.04. The van der Waals surface area contributed by atoms with E-state index in [1.54, 1.807) is 0 Å². The van der Waals surface area contributed by atoms with Gasteiger partial charge in [0.05, 0.1) is 0 Å². The molecule has 0 spiro atoms. The van der Waals surface area contributed by atoms with Crippen LogP contribution in [0.15, 0.2) is 53.0 Å². The summed E-state index contributed by atoms with van der Waals surface area (Å²) in [5.41, 5.74) is 2.84. The molecule has 1 fully saturated rings. The van der Waals surface area contributed by atoms with E-state index in [-0.39, 0.29) is 11.9 Å². The Kier molecular flexibility index (Phi) is 7.35. The third kappa shape index (κ3) is 7.28. The summed E-state index contributed by atoms with van der Waals surface area (Å²) in [6.07, 6.45) is 3.69. The lowest BCUT2D eigenvalue weighted by atomic mass is 10.1. The number of benzene rings is 2. The van der Waals surface area contributed by atoms with Gasteiger partial charge < -0.3 is 10.1 Å². The lowest BCUT2D eigenvalue weighted by Crippen LogP contribution is -2.24. The molecule has 4 nitrogen and oxygen atoms in total. The van der Waals surface area contributed by atoms with Crippen LogP contribution < -0.4 is 5.32 Å². The molecule has 160 valence electrons. The number of nitrogens with one attached hydrogen (secondary N) is 1. The summed E-state index contributed by atoms with van der Waals surface area (Å²) < 4.78 is 6.48. The van der Waals surface area contributed by atoms with E-state index in [2.05, 4.69) is 45.5 Å². The number of esters is 1. The fourth-order valence-electron chi connectivity index (χ4n) is 3.62. The van der Waals surface area contributed by atoms with E-state index in [1.165, 1.54) is 11.1 Å². The normalized spacial score (nSPS) is 18.0. The monoisotopic (exact) mass is 471 g/mol. The Bertz CT molecular complexity index is 869. The Morgan fingerprint density at radius 3 is 2.37 bits per heavy atom. The maximum atomic E-state index is 12.2. The second-order valence-corrected chi connectivity index (χ2v) is 9.96. The van der Waals surface area contributed by atoms with E-state index >= 15 is 0 Å². The summed E-state index contributed by atoms with van der Waals surface area (Å²) in [5.74, 6) is 0.684. The van der Waals surface area contributed by atoms with Gasteiger partial charge in [-0.05, 0) is 87.3 Å². The minimum atomic E-state index is -0.431. The highest BCUT2D eigenvalue weighted by Gasteiger charge is 2.40. The molecule has 2 atom stereocenters. The molecule has 1 amide bonds. The number of anilines is 1. The van der Waals surface area contributed by atoms with Gasteiger partial charge in [0.25, 0.3) is 0 Å². The van der Waals surface area contributed by atoms with E-state index in [1.807, 2.05) is 45.0 Å². The number of aryl methyl sites for hydroxylation is 1. The van der Waals surface area contributed by atoms with Crippen molar-refractivity contribution in [3.63, 3.8) is 0 Å². The van der Waals surface area contributed by atoms with E-state index in [9.17, 15) is 9.59 Å². The Balaban J connectivity index is 1.40. The van der Waals surface area contributed by atoms with Crippen molar-refractivity contribution < 1.29 is 14.3 Å². The highest BCUT2D eigenvalue weighted by Crippen LogP contribution is 2.49. The van der Waals surface area contributed by atoms with Crippen molar-refractivity contribution in [1.82, 2.24) is 0 Å². The number of amides is 1. The second kappa shape index (κ2) is 9.78. The topological polar surface area (TPSA) is 55.4 Å². The highest BCUT2D eigenvalue weighted by atomic mass is 79.9. The molecule has 0 bridgehead atoms. The van der Waals surface area contributed by atoms with Crippen LogP contribution in [0.2, 0.25) is 0 Å². The van der Waals surface area contributed by atoms with Gasteiger partial charge in [-0.2, -0.15) is 0 Å². The molecule has 0 aromatic heterocycles. The standard InChI is InChI=1S/C25H30BrNO3/c1-25(2,3)30-24(29)16-19-15-22(19)18-9-13-21(14-10-18)27-23(28)6-4-5-17-7-11-20(26)12-8-17/h7-14,19,22H,4-6,15-16H2,1-3H3,(H,27,28). The predicted octanol–water partition coefficient (Wildman–Crippen LogP) is 6.25. The van der Waals surface area contributed by atoms with E-state index < -0.39 is 5.60 Å².